The molecule has 158 valence electrons. The maximum absolute atomic E-state index is 13.3. The molecule has 0 spiro atoms. The Kier molecular flexibility index (Phi) is 5.69. The van der Waals surface area contributed by atoms with Crippen LogP contribution in [0.25, 0.3) is 5.82 Å². The minimum Gasteiger partial charge on any atom is -0.353 e. The first-order valence-corrected chi connectivity index (χ1v) is 9.66. The number of benzene rings is 1. The van der Waals surface area contributed by atoms with Gasteiger partial charge in [0.25, 0.3) is 6.43 Å². The Morgan fingerprint density at radius 1 is 1.13 bits per heavy atom. The smallest absolute Gasteiger partial charge is 0.280 e. The number of alkyl halides is 2. The number of nitrogens with zero attached hydrogens (tertiary/aromatic N) is 4. The number of rotatable bonds is 6. The van der Waals surface area contributed by atoms with E-state index >= 15 is 0 Å². The van der Waals surface area contributed by atoms with E-state index < -0.39 is 6.43 Å². The van der Waals surface area contributed by atoms with Crippen LogP contribution in [0.3, 0.4) is 0 Å². The van der Waals surface area contributed by atoms with Gasteiger partial charge in [0.2, 0.25) is 0 Å². The Balaban J connectivity index is 1.55. The summed E-state index contributed by atoms with van der Waals surface area (Å²) in [7, 11) is 0. The Morgan fingerprint density at radius 2 is 1.90 bits per heavy atom. The van der Waals surface area contributed by atoms with Crippen LogP contribution in [0.5, 0.6) is 0 Å². The van der Waals surface area contributed by atoms with Gasteiger partial charge in [0.05, 0.1) is 17.9 Å². The third-order valence-electron chi connectivity index (χ3n) is 5.21. The number of aromatic nitrogens is 4. The maximum atomic E-state index is 13.3. The van der Waals surface area contributed by atoms with E-state index in [4.69, 9.17) is 0 Å². The van der Waals surface area contributed by atoms with Crippen molar-refractivity contribution in [2.45, 2.75) is 38.9 Å². The summed E-state index contributed by atoms with van der Waals surface area (Å²) in [6.45, 7) is 3.72. The molecule has 3 N–H and O–H groups in total. The summed E-state index contributed by atoms with van der Waals surface area (Å²) in [5, 5.41) is 7.42. The van der Waals surface area contributed by atoms with Crippen molar-refractivity contribution in [1.29, 1.82) is 0 Å². The summed E-state index contributed by atoms with van der Waals surface area (Å²) in [6, 6.07) is 9.29. The van der Waals surface area contributed by atoms with Gasteiger partial charge in [-0.3, -0.25) is 0 Å². The van der Waals surface area contributed by atoms with Gasteiger partial charge in [-0.15, -0.1) is 0 Å². The van der Waals surface area contributed by atoms with Crippen molar-refractivity contribution in [3.8, 4) is 5.82 Å². The molecule has 7 nitrogen and oxygen atoms in total. The third-order valence-corrected chi connectivity index (χ3v) is 5.21. The van der Waals surface area contributed by atoms with E-state index in [2.05, 4.69) is 38.2 Å². The molecule has 1 saturated heterocycles. The second kappa shape index (κ2) is 8.41. The normalized spacial score (nSPS) is 21.3. The molecule has 10 heteroatoms. The molecule has 3 heterocycles. The van der Waals surface area contributed by atoms with Crippen LogP contribution in [-0.4, -0.2) is 25.9 Å². The van der Waals surface area contributed by atoms with Crippen molar-refractivity contribution in [1.82, 2.24) is 30.6 Å². The van der Waals surface area contributed by atoms with E-state index in [9.17, 15) is 13.2 Å². The number of hydrazine groups is 1. The summed E-state index contributed by atoms with van der Waals surface area (Å²) in [4.78, 5) is 8.31. The molecule has 1 aliphatic heterocycles. The fourth-order valence-corrected chi connectivity index (χ4v) is 3.76. The fraction of sp³-hybridized carbons (Fsp3) is 0.350. The van der Waals surface area contributed by atoms with E-state index in [-0.39, 0.29) is 35.5 Å². The van der Waals surface area contributed by atoms with Crippen LogP contribution < -0.4 is 16.2 Å². The average Bonchev–Trinajstić information content (AvgIpc) is 3.32. The van der Waals surface area contributed by atoms with Crippen LogP contribution in [0.1, 0.15) is 42.8 Å². The van der Waals surface area contributed by atoms with E-state index in [0.29, 0.717) is 11.5 Å². The van der Waals surface area contributed by atoms with Crippen molar-refractivity contribution >= 4 is 5.82 Å². The topological polar surface area (TPSA) is 79.7 Å². The van der Waals surface area contributed by atoms with Gasteiger partial charge in [0.1, 0.15) is 23.7 Å². The average molecular weight is 417 g/mol. The van der Waals surface area contributed by atoms with Crippen LogP contribution in [-0.2, 0) is 0 Å². The lowest BCUT2D eigenvalue weighted by Gasteiger charge is -2.23. The van der Waals surface area contributed by atoms with Gasteiger partial charge in [0, 0.05) is 12.0 Å². The highest BCUT2D eigenvalue weighted by molar-refractivity contribution is 5.42. The van der Waals surface area contributed by atoms with Crippen molar-refractivity contribution in [3.05, 3.63) is 65.5 Å². The summed E-state index contributed by atoms with van der Waals surface area (Å²) in [6.07, 6.45) is -0.697. The molecule has 1 fully saturated rings. The SMILES string of the molecule is CCC1C(Nc2cc(-n3nc(C)cc3C(F)F)ncn2)NNC1c1ccc(F)cc1. The second-order valence-electron chi connectivity index (χ2n) is 7.20. The molecule has 1 aromatic carbocycles. The number of aryl methyl sites for hydroxylation is 1. The maximum Gasteiger partial charge on any atom is 0.280 e. The highest BCUT2D eigenvalue weighted by Crippen LogP contribution is 2.32. The van der Waals surface area contributed by atoms with Crippen LogP contribution in [0.2, 0.25) is 0 Å². The van der Waals surface area contributed by atoms with Crippen LogP contribution in [0.15, 0.2) is 42.7 Å². The molecule has 2 aromatic heterocycles. The lowest BCUT2D eigenvalue weighted by Crippen LogP contribution is -2.38. The highest BCUT2D eigenvalue weighted by Gasteiger charge is 2.35. The van der Waals surface area contributed by atoms with Crippen molar-refractivity contribution in [2.24, 2.45) is 5.92 Å². The molecule has 0 aliphatic carbocycles. The fourth-order valence-electron chi connectivity index (χ4n) is 3.76. The monoisotopic (exact) mass is 417 g/mol. The number of hydrogen-bond donors (Lipinski definition) is 3. The van der Waals surface area contributed by atoms with Crippen LogP contribution in [0.4, 0.5) is 19.0 Å². The summed E-state index contributed by atoms with van der Waals surface area (Å²) >= 11 is 0. The molecule has 0 bridgehead atoms. The minimum atomic E-state index is -2.67. The lowest BCUT2D eigenvalue weighted by atomic mass is 9.90. The first kappa shape index (κ1) is 20.3. The minimum absolute atomic E-state index is 0.0198. The molecule has 1 aliphatic rings. The van der Waals surface area contributed by atoms with E-state index in [0.717, 1.165) is 16.7 Å². The molecule has 0 saturated carbocycles. The number of anilines is 1. The molecule has 0 radical (unpaired) electrons. The zero-order valence-electron chi connectivity index (χ0n) is 16.5. The van der Waals surface area contributed by atoms with Crippen LogP contribution in [0, 0.1) is 18.7 Å². The van der Waals surface area contributed by atoms with Gasteiger partial charge in [-0.25, -0.2) is 38.7 Å². The van der Waals surface area contributed by atoms with E-state index in [1.54, 1.807) is 25.1 Å². The summed E-state index contributed by atoms with van der Waals surface area (Å²) in [5.74, 6) is 0.589. The molecule has 3 aromatic rings. The Labute approximate surface area is 171 Å². The van der Waals surface area contributed by atoms with Gasteiger partial charge >= 0.3 is 0 Å². The molecule has 3 atom stereocenters. The van der Waals surface area contributed by atoms with Gasteiger partial charge < -0.3 is 5.32 Å². The van der Waals surface area contributed by atoms with Crippen molar-refractivity contribution < 1.29 is 13.2 Å². The number of hydrogen-bond acceptors (Lipinski definition) is 6. The quantitative estimate of drug-likeness (QED) is 0.568. The van der Waals surface area contributed by atoms with Gasteiger partial charge in [-0.2, -0.15) is 5.10 Å². The second-order valence-corrected chi connectivity index (χ2v) is 7.20. The van der Waals surface area contributed by atoms with Gasteiger partial charge in [-0.05, 0) is 37.1 Å². The zero-order chi connectivity index (χ0) is 21.3. The summed E-state index contributed by atoms with van der Waals surface area (Å²) < 4.78 is 41.0. The Hall–Kier alpha value is -2.98. The molecule has 30 heavy (non-hydrogen) atoms. The first-order chi connectivity index (χ1) is 14.5. The largest absolute Gasteiger partial charge is 0.353 e. The molecule has 3 unspecified atom stereocenters. The highest BCUT2D eigenvalue weighted by atomic mass is 19.3. The molecular weight excluding hydrogens is 395 g/mol. The molecule has 0 amide bonds. The number of halogens is 3. The molecule has 4 rings (SSSR count). The van der Waals surface area contributed by atoms with Crippen molar-refractivity contribution in [3.63, 3.8) is 0 Å². The predicted molar refractivity (Wildman–Crippen MR) is 105 cm³/mol. The number of nitrogens with one attached hydrogen (secondary N) is 3. The first-order valence-electron chi connectivity index (χ1n) is 9.66. The lowest BCUT2D eigenvalue weighted by molar-refractivity contribution is 0.142. The Bertz CT molecular complexity index is 1010. The predicted octanol–water partition coefficient (Wildman–Crippen LogP) is 3.66. The Morgan fingerprint density at radius 3 is 2.60 bits per heavy atom. The standard InChI is InChI=1S/C20H22F3N7/c1-3-14-18(12-4-6-13(21)7-5-12)27-28-20(14)26-16-9-17(25-10-24-16)30-15(19(22)23)8-11(2)29-30/h4-10,14,18-20,27-28H,3H2,1-2H3,(H,24,25,26). The van der Waals surface area contributed by atoms with E-state index in [1.165, 1.54) is 24.5 Å². The van der Waals surface area contributed by atoms with Crippen LogP contribution >= 0.6 is 0 Å². The van der Waals surface area contributed by atoms with Gasteiger partial charge in [-0.1, -0.05) is 19.1 Å². The van der Waals surface area contributed by atoms with Crippen molar-refractivity contribution in [2.75, 3.05) is 5.32 Å². The summed E-state index contributed by atoms with van der Waals surface area (Å²) in [5.41, 5.74) is 7.67. The van der Waals surface area contributed by atoms with E-state index in [1.807, 2.05) is 0 Å². The zero-order valence-corrected chi connectivity index (χ0v) is 16.5. The third kappa shape index (κ3) is 4.01. The van der Waals surface area contributed by atoms with Gasteiger partial charge in [0.15, 0.2) is 5.82 Å². The molecular formula is C20H22F3N7.